The number of H-pyrrole nitrogens is 1. The number of nitrogens with two attached hydrogens (primary N) is 1. The van der Waals surface area contributed by atoms with E-state index >= 15 is 0 Å². The number of hydrogen-bond donors (Lipinski definition) is 4. The number of carbonyl (C=O) groups excluding carboxylic acids is 1. The summed E-state index contributed by atoms with van der Waals surface area (Å²) in [7, 11) is 0. The monoisotopic (exact) mass is 293 g/mol. The van der Waals surface area contributed by atoms with Crippen molar-refractivity contribution in [1.82, 2.24) is 15.5 Å². The Hall–Kier alpha value is -2.05. The second-order valence-corrected chi connectivity index (χ2v) is 5.65. The van der Waals surface area contributed by atoms with Gasteiger partial charge in [-0.15, -0.1) is 0 Å². The molecule has 1 aromatic heterocycles. The van der Waals surface area contributed by atoms with E-state index in [-0.39, 0.29) is 11.7 Å². The van der Waals surface area contributed by atoms with Crippen LogP contribution in [0.4, 0.5) is 0 Å². The van der Waals surface area contributed by atoms with Gasteiger partial charge in [-0.1, -0.05) is 18.0 Å². The van der Waals surface area contributed by atoms with E-state index in [1.54, 1.807) is 0 Å². The number of hydrogen-bond acceptors (Lipinski definition) is 4. The predicted molar refractivity (Wildman–Crippen MR) is 79.0 cm³/mol. The van der Waals surface area contributed by atoms with E-state index in [2.05, 4.69) is 20.7 Å². The second kappa shape index (κ2) is 6.60. The Labute approximate surface area is 124 Å². The average molecular weight is 293 g/mol. The summed E-state index contributed by atoms with van der Waals surface area (Å²) in [6, 6.07) is 0. The Bertz CT molecular complexity index is 517. The molecule has 7 heteroatoms. The van der Waals surface area contributed by atoms with Crippen molar-refractivity contribution in [3.63, 3.8) is 0 Å². The molecule has 21 heavy (non-hydrogen) atoms. The molecule has 0 spiro atoms. The summed E-state index contributed by atoms with van der Waals surface area (Å²) in [6.07, 6.45) is 6.66. The van der Waals surface area contributed by atoms with Crippen molar-refractivity contribution < 1.29 is 10.0 Å². The molecule has 5 N–H and O–H groups in total. The van der Waals surface area contributed by atoms with E-state index < -0.39 is 5.41 Å². The van der Waals surface area contributed by atoms with Gasteiger partial charge >= 0.3 is 0 Å². The number of aryl methyl sites for hydroxylation is 2. The zero-order valence-electron chi connectivity index (χ0n) is 12.4. The lowest BCUT2D eigenvalue weighted by atomic mass is 9.84. The standard InChI is InChI=1S/C14H23N5O2/c1-10-11(9-17-18-10)5-4-8-16-13(20)14(12(15)19-21)6-2-3-7-14/h9,21H,2-8H2,1H3,(H2,15,19)(H,16,20)(H,17,18). The number of nitrogens with one attached hydrogen (secondary N) is 2. The Morgan fingerprint density at radius 3 is 2.86 bits per heavy atom. The van der Waals surface area contributed by atoms with Gasteiger partial charge in [-0.3, -0.25) is 9.89 Å². The van der Waals surface area contributed by atoms with Gasteiger partial charge in [0, 0.05) is 12.2 Å². The van der Waals surface area contributed by atoms with Gasteiger partial charge in [-0.2, -0.15) is 5.10 Å². The zero-order valence-corrected chi connectivity index (χ0v) is 12.4. The van der Waals surface area contributed by atoms with Crippen molar-refractivity contribution in [3.05, 3.63) is 17.5 Å². The first-order valence-electron chi connectivity index (χ1n) is 7.35. The Balaban J connectivity index is 1.84. The Kier molecular flexibility index (Phi) is 4.82. The maximum Gasteiger partial charge on any atom is 0.233 e. The average Bonchev–Trinajstić information content (AvgIpc) is 3.12. The molecule has 0 aliphatic heterocycles. The molecule has 1 saturated carbocycles. The highest BCUT2D eigenvalue weighted by Crippen LogP contribution is 2.38. The molecule has 1 fully saturated rings. The first-order valence-corrected chi connectivity index (χ1v) is 7.35. The lowest BCUT2D eigenvalue weighted by molar-refractivity contribution is -0.127. The maximum absolute atomic E-state index is 12.4. The molecular weight excluding hydrogens is 270 g/mol. The van der Waals surface area contributed by atoms with Gasteiger partial charge < -0.3 is 16.3 Å². The summed E-state index contributed by atoms with van der Waals surface area (Å²) in [5, 5.41) is 21.8. The smallest absolute Gasteiger partial charge is 0.233 e. The molecule has 0 saturated heterocycles. The van der Waals surface area contributed by atoms with Gasteiger partial charge in [0.25, 0.3) is 0 Å². The Morgan fingerprint density at radius 2 is 2.29 bits per heavy atom. The van der Waals surface area contributed by atoms with Crippen LogP contribution in [-0.4, -0.2) is 33.7 Å². The molecular formula is C14H23N5O2. The quantitative estimate of drug-likeness (QED) is 0.206. The van der Waals surface area contributed by atoms with Crippen molar-refractivity contribution in [1.29, 1.82) is 0 Å². The number of carbonyl (C=O) groups is 1. The van der Waals surface area contributed by atoms with E-state index in [1.165, 1.54) is 0 Å². The normalized spacial score (nSPS) is 17.9. The summed E-state index contributed by atoms with van der Waals surface area (Å²) in [6.45, 7) is 2.55. The van der Waals surface area contributed by atoms with Gasteiger partial charge in [-0.05, 0) is 38.2 Å². The number of rotatable bonds is 6. The number of aromatic amines is 1. The maximum atomic E-state index is 12.4. The molecule has 2 rings (SSSR count). The van der Waals surface area contributed by atoms with E-state index in [9.17, 15) is 4.79 Å². The molecule has 7 nitrogen and oxygen atoms in total. The molecule has 1 heterocycles. The summed E-state index contributed by atoms with van der Waals surface area (Å²) < 4.78 is 0. The SMILES string of the molecule is Cc1[nH]ncc1CCCNC(=O)C1(C(N)=NO)CCCC1. The van der Waals surface area contributed by atoms with E-state index in [1.807, 2.05) is 13.1 Å². The van der Waals surface area contributed by atoms with Crippen LogP contribution in [0, 0.1) is 12.3 Å². The number of amidine groups is 1. The van der Waals surface area contributed by atoms with Crippen LogP contribution in [0.25, 0.3) is 0 Å². The van der Waals surface area contributed by atoms with Crippen LogP contribution >= 0.6 is 0 Å². The van der Waals surface area contributed by atoms with Crippen molar-refractivity contribution in [3.8, 4) is 0 Å². The summed E-state index contributed by atoms with van der Waals surface area (Å²) in [5.74, 6) is -0.0950. The molecule has 1 aromatic rings. The topological polar surface area (TPSA) is 116 Å². The van der Waals surface area contributed by atoms with Crippen LogP contribution in [-0.2, 0) is 11.2 Å². The largest absolute Gasteiger partial charge is 0.409 e. The lowest BCUT2D eigenvalue weighted by Gasteiger charge is -2.25. The van der Waals surface area contributed by atoms with E-state index in [4.69, 9.17) is 10.9 Å². The van der Waals surface area contributed by atoms with Gasteiger partial charge in [0.2, 0.25) is 5.91 Å². The molecule has 0 atom stereocenters. The van der Waals surface area contributed by atoms with Crippen molar-refractivity contribution in [2.45, 2.75) is 45.4 Å². The first kappa shape index (κ1) is 15.3. The van der Waals surface area contributed by atoms with Crippen LogP contribution in [0.15, 0.2) is 11.4 Å². The van der Waals surface area contributed by atoms with E-state index in [0.29, 0.717) is 19.4 Å². The van der Waals surface area contributed by atoms with E-state index in [0.717, 1.165) is 36.9 Å². The minimum atomic E-state index is -0.819. The number of nitrogens with zero attached hydrogens (tertiary/aromatic N) is 2. The van der Waals surface area contributed by atoms with Crippen LogP contribution in [0.2, 0.25) is 0 Å². The predicted octanol–water partition coefficient (Wildman–Crippen LogP) is 1.07. The summed E-state index contributed by atoms with van der Waals surface area (Å²) >= 11 is 0. The van der Waals surface area contributed by atoms with Crippen LogP contribution < -0.4 is 11.1 Å². The van der Waals surface area contributed by atoms with Crippen molar-refractivity contribution in [2.24, 2.45) is 16.3 Å². The minimum Gasteiger partial charge on any atom is -0.409 e. The molecule has 0 bridgehead atoms. The van der Waals surface area contributed by atoms with Gasteiger partial charge in [0.05, 0.1) is 6.20 Å². The number of amides is 1. The minimum absolute atomic E-state index is 0.0307. The third kappa shape index (κ3) is 3.17. The summed E-state index contributed by atoms with van der Waals surface area (Å²) in [4.78, 5) is 12.4. The van der Waals surface area contributed by atoms with Crippen molar-refractivity contribution in [2.75, 3.05) is 6.54 Å². The molecule has 1 amide bonds. The number of aromatic nitrogens is 2. The first-order chi connectivity index (χ1) is 10.1. The van der Waals surface area contributed by atoms with Gasteiger partial charge in [-0.25, -0.2) is 0 Å². The van der Waals surface area contributed by atoms with Crippen LogP contribution in [0.3, 0.4) is 0 Å². The second-order valence-electron chi connectivity index (χ2n) is 5.65. The highest BCUT2D eigenvalue weighted by molar-refractivity contribution is 6.07. The molecule has 0 aromatic carbocycles. The van der Waals surface area contributed by atoms with Gasteiger partial charge in [0.15, 0.2) is 5.84 Å². The van der Waals surface area contributed by atoms with Crippen LogP contribution in [0.1, 0.15) is 43.4 Å². The fourth-order valence-corrected chi connectivity index (χ4v) is 2.95. The van der Waals surface area contributed by atoms with Gasteiger partial charge in [0.1, 0.15) is 5.41 Å². The molecule has 1 aliphatic carbocycles. The fraction of sp³-hybridized carbons (Fsp3) is 0.643. The zero-order chi connectivity index (χ0) is 15.3. The number of oxime groups is 1. The molecule has 1 aliphatic rings. The molecule has 116 valence electrons. The van der Waals surface area contributed by atoms with Crippen molar-refractivity contribution >= 4 is 11.7 Å². The summed E-state index contributed by atoms with van der Waals surface area (Å²) in [5.41, 5.74) is 7.15. The molecule has 0 unspecified atom stereocenters. The lowest BCUT2D eigenvalue weighted by Crippen LogP contribution is -2.48. The van der Waals surface area contributed by atoms with Crippen LogP contribution in [0.5, 0.6) is 0 Å². The third-order valence-electron chi connectivity index (χ3n) is 4.33. The molecule has 0 radical (unpaired) electrons. The highest BCUT2D eigenvalue weighted by atomic mass is 16.4. The Morgan fingerprint density at radius 1 is 1.57 bits per heavy atom. The highest BCUT2D eigenvalue weighted by Gasteiger charge is 2.45. The third-order valence-corrected chi connectivity index (χ3v) is 4.33. The fourth-order valence-electron chi connectivity index (χ4n) is 2.95.